The molecular weight excluding hydrogens is 379 g/mol. The van der Waals surface area contributed by atoms with Gasteiger partial charge in [-0.15, -0.1) is 0 Å². The number of nitrogens with one attached hydrogen (secondary N) is 1. The predicted molar refractivity (Wildman–Crippen MR) is 109 cm³/mol. The average Bonchev–Trinajstić information content (AvgIpc) is 2.70. The number of piperazine rings is 1. The monoisotopic (exact) mass is 406 g/mol. The van der Waals surface area contributed by atoms with Crippen LogP contribution in [0.2, 0.25) is 5.02 Å². The Kier molecular flexibility index (Phi) is 7.52. The molecule has 0 aromatic heterocycles. The summed E-state index contributed by atoms with van der Waals surface area (Å²) in [5.41, 5.74) is 0.989. The number of rotatable bonds is 6. The summed E-state index contributed by atoms with van der Waals surface area (Å²) < 4.78 is 13.3. The maximum atomic E-state index is 13.3. The van der Waals surface area contributed by atoms with Gasteiger partial charge in [0.2, 0.25) is 5.91 Å². The number of amides is 1. The van der Waals surface area contributed by atoms with Crippen molar-refractivity contribution in [2.45, 2.75) is 44.6 Å². The quantitative estimate of drug-likeness (QED) is 0.784. The third-order valence-electron chi connectivity index (χ3n) is 5.95. The molecule has 5 nitrogen and oxygen atoms in total. The zero-order valence-electron chi connectivity index (χ0n) is 16.2. The number of halogens is 2. The largest absolute Gasteiger partial charge is 0.369 e. The fourth-order valence-electron chi connectivity index (χ4n) is 4.22. The zero-order chi connectivity index (χ0) is 19.9. The Labute approximate surface area is 171 Å². The number of carbonyl (C=O) groups excluding carboxylic acids is 1. The molecule has 0 radical (unpaired) electrons. The number of nitrogens with zero attached hydrogens (tertiary/aromatic N) is 3. The second-order valence-corrected chi connectivity index (χ2v) is 8.24. The highest BCUT2D eigenvalue weighted by Crippen LogP contribution is 2.28. The van der Waals surface area contributed by atoms with E-state index in [2.05, 4.69) is 15.1 Å². The number of nitriles is 1. The first kappa shape index (κ1) is 20.9. The molecule has 1 heterocycles. The molecule has 0 atom stereocenters. The van der Waals surface area contributed by atoms with Gasteiger partial charge < -0.3 is 10.2 Å². The Hall–Kier alpha value is -1.84. The van der Waals surface area contributed by atoms with Crippen molar-refractivity contribution in [1.82, 2.24) is 10.2 Å². The van der Waals surface area contributed by atoms with E-state index in [1.54, 1.807) is 12.1 Å². The van der Waals surface area contributed by atoms with Gasteiger partial charge in [-0.1, -0.05) is 11.6 Å². The van der Waals surface area contributed by atoms with E-state index in [0.717, 1.165) is 70.0 Å². The van der Waals surface area contributed by atoms with Crippen molar-refractivity contribution in [3.63, 3.8) is 0 Å². The fourth-order valence-corrected chi connectivity index (χ4v) is 4.40. The lowest BCUT2D eigenvalue weighted by atomic mass is 9.84. The van der Waals surface area contributed by atoms with Crippen molar-refractivity contribution in [3.8, 4) is 6.07 Å². The van der Waals surface area contributed by atoms with E-state index in [0.29, 0.717) is 0 Å². The molecule has 152 valence electrons. The lowest BCUT2D eigenvalue weighted by Crippen LogP contribution is -2.47. The smallest absolute Gasteiger partial charge is 0.234 e. The van der Waals surface area contributed by atoms with Crippen LogP contribution in [0.25, 0.3) is 0 Å². The summed E-state index contributed by atoms with van der Waals surface area (Å²) in [6.07, 6.45) is 5.47. The number of hydrogen-bond donors (Lipinski definition) is 1. The van der Waals surface area contributed by atoms with E-state index in [1.165, 1.54) is 12.5 Å². The summed E-state index contributed by atoms with van der Waals surface area (Å²) in [5.74, 6) is 0.202. The van der Waals surface area contributed by atoms with Gasteiger partial charge >= 0.3 is 0 Å². The molecule has 1 aromatic rings. The second-order valence-electron chi connectivity index (χ2n) is 7.84. The van der Waals surface area contributed by atoms with E-state index in [9.17, 15) is 9.18 Å². The number of anilines is 1. The van der Waals surface area contributed by atoms with E-state index >= 15 is 0 Å². The summed E-state index contributed by atoms with van der Waals surface area (Å²) in [6.45, 7) is 4.98. The zero-order valence-corrected chi connectivity index (χ0v) is 16.9. The van der Waals surface area contributed by atoms with Crippen LogP contribution in [0, 0.1) is 23.1 Å². The van der Waals surface area contributed by atoms with Crippen LogP contribution < -0.4 is 10.2 Å². The van der Waals surface area contributed by atoms with Crippen molar-refractivity contribution in [3.05, 3.63) is 29.0 Å². The van der Waals surface area contributed by atoms with Crippen molar-refractivity contribution >= 4 is 23.2 Å². The maximum absolute atomic E-state index is 13.3. The van der Waals surface area contributed by atoms with Gasteiger partial charge in [0.25, 0.3) is 0 Å². The minimum absolute atomic E-state index is 0.0456. The van der Waals surface area contributed by atoms with Gasteiger partial charge in [-0.25, -0.2) is 4.39 Å². The summed E-state index contributed by atoms with van der Waals surface area (Å²) >= 11 is 5.90. The van der Waals surface area contributed by atoms with Gasteiger partial charge in [0.1, 0.15) is 12.2 Å². The predicted octanol–water partition coefficient (Wildman–Crippen LogP) is 3.58. The molecular formula is C21H28ClFN4O. The molecule has 0 spiro atoms. The molecule has 0 bridgehead atoms. The van der Waals surface area contributed by atoms with E-state index < -0.39 is 0 Å². The van der Waals surface area contributed by atoms with Gasteiger partial charge in [0.05, 0.1) is 11.1 Å². The molecule has 3 rings (SSSR count). The molecule has 1 aromatic carbocycles. The Morgan fingerprint density at radius 2 is 1.93 bits per heavy atom. The average molecular weight is 407 g/mol. The first-order chi connectivity index (χ1) is 13.5. The van der Waals surface area contributed by atoms with Gasteiger partial charge in [-0.2, -0.15) is 5.26 Å². The molecule has 1 saturated heterocycles. The van der Waals surface area contributed by atoms with Gasteiger partial charge in [-0.3, -0.25) is 9.69 Å². The fraction of sp³-hybridized carbons (Fsp3) is 0.619. The van der Waals surface area contributed by atoms with E-state index in [-0.39, 0.29) is 29.2 Å². The highest BCUT2D eigenvalue weighted by Gasteiger charge is 2.24. The van der Waals surface area contributed by atoms with E-state index in [1.807, 2.05) is 6.07 Å². The van der Waals surface area contributed by atoms with Crippen molar-refractivity contribution < 1.29 is 9.18 Å². The molecule has 1 saturated carbocycles. The molecule has 1 aliphatic carbocycles. The standard InChI is InChI=1S/C21H28ClFN4O/c22-19-15-18(5-6-20(19)23)27-13-11-26(12-14-27)10-8-16-1-3-17(4-2-16)25-21(28)7-9-24/h5-6,15-17H,1-4,7-8,10-14H2,(H,25,28). The van der Waals surface area contributed by atoms with Crippen LogP contribution in [0.1, 0.15) is 38.5 Å². The first-order valence-corrected chi connectivity index (χ1v) is 10.5. The Bertz CT molecular complexity index is 707. The van der Waals surface area contributed by atoms with Crippen LogP contribution in [-0.2, 0) is 4.79 Å². The van der Waals surface area contributed by atoms with Crippen LogP contribution in [0.3, 0.4) is 0 Å². The summed E-state index contributed by atoms with van der Waals surface area (Å²) in [7, 11) is 0. The highest BCUT2D eigenvalue weighted by molar-refractivity contribution is 6.31. The second kappa shape index (κ2) is 10.1. The van der Waals surface area contributed by atoms with Crippen molar-refractivity contribution in [2.75, 3.05) is 37.6 Å². The summed E-state index contributed by atoms with van der Waals surface area (Å²) in [5, 5.41) is 11.7. The Balaban J connectivity index is 1.34. The summed E-state index contributed by atoms with van der Waals surface area (Å²) in [4.78, 5) is 16.3. The lowest BCUT2D eigenvalue weighted by molar-refractivity contribution is -0.121. The molecule has 0 unspecified atom stereocenters. The summed E-state index contributed by atoms with van der Waals surface area (Å²) in [6, 6.07) is 7.07. The maximum Gasteiger partial charge on any atom is 0.234 e. The highest BCUT2D eigenvalue weighted by atomic mass is 35.5. The molecule has 7 heteroatoms. The number of carbonyl (C=O) groups is 1. The molecule has 1 amide bonds. The van der Waals surface area contributed by atoms with Gasteiger partial charge in [0.15, 0.2) is 0 Å². The van der Waals surface area contributed by atoms with Crippen LogP contribution in [0.5, 0.6) is 0 Å². The molecule has 2 fully saturated rings. The molecule has 1 N–H and O–H groups in total. The first-order valence-electron chi connectivity index (χ1n) is 10.1. The topological polar surface area (TPSA) is 59.4 Å². The van der Waals surface area contributed by atoms with Crippen LogP contribution in [-0.4, -0.2) is 49.6 Å². The van der Waals surface area contributed by atoms with Crippen molar-refractivity contribution in [1.29, 1.82) is 5.26 Å². The lowest BCUT2D eigenvalue weighted by Gasteiger charge is -2.37. The Morgan fingerprint density at radius 3 is 2.57 bits per heavy atom. The normalized spacial score (nSPS) is 23.2. The molecule has 28 heavy (non-hydrogen) atoms. The van der Waals surface area contributed by atoms with E-state index in [4.69, 9.17) is 16.9 Å². The minimum atomic E-state index is -0.372. The third kappa shape index (κ3) is 5.83. The number of benzene rings is 1. The van der Waals surface area contributed by atoms with Gasteiger partial charge in [0, 0.05) is 37.9 Å². The van der Waals surface area contributed by atoms with Crippen LogP contribution in [0.15, 0.2) is 18.2 Å². The molecule has 1 aliphatic heterocycles. The number of hydrogen-bond acceptors (Lipinski definition) is 4. The molecule has 2 aliphatic rings. The van der Waals surface area contributed by atoms with Gasteiger partial charge in [-0.05, 0) is 62.8 Å². The minimum Gasteiger partial charge on any atom is -0.369 e. The van der Waals surface area contributed by atoms with Crippen LogP contribution >= 0.6 is 11.6 Å². The van der Waals surface area contributed by atoms with Crippen LogP contribution in [0.4, 0.5) is 10.1 Å². The Morgan fingerprint density at radius 1 is 1.21 bits per heavy atom. The third-order valence-corrected chi connectivity index (χ3v) is 6.24. The van der Waals surface area contributed by atoms with Crippen molar-refractivity contribution in [2.24, 2.45) is 5.92 Å². The SMILES string of the molecule is N#CCC(=O)NC1CCC(CCN2CCN(c3ccc(F)c(Cl)c3)CC2)CC1.